The van der Waals surface area contributed by atoms with Gasteiger partial charge in [-0.25, -0.2) is 4.21 Å². The van der Waals surface area contributed by atoms with Crippen molar-refractivity contribution >= 4 is 19.7 Å². The van der Waals surface area contributed by atoms with Crippen molar-refractivity contribution in [2.75, 3.05) is 5.75 Å². The van der Waals surface area contributed by atoms with E-state index in [9.17, 15) is 4.21 Å². The molecule has 1 heterocycles. The minimum Gasteiger partial charge on any atom is -0.319 e. The predicted molar refractivity (Wildman–Crippen MR) is 33.0 cm³/mol. The molecule has 1 rings (SSSR count). The fourth-order valence-electron chi connectivity index (χ4n) is 0.435. The van der Waals surface area contributed by atoms with Crippen LogP contribution in [0.1, 0.15) is 6.42 Å². The summed E-state index contributed by atoms with van der Waals surface area (Å²) in [5.41, 5.74) is 5.42. The van der Waals surface area contributed by atoms with Gasteiger partial charge in [0.2, 0.25) is 0 Å². The number of nitrogens with two attached hydrogens (primary N) is 1. The van der Waals surface area contributed by atoms with E-state index in [2.05, 4.69) is 0 Å². The van der Waals surface area contributed by atoms with Crippen LogP contribution in [0.25, 0.3) is 0 Å². The predicted octanol–water partition coefficient (Wildman–Crippen LogP) is -0.579. The minimum atomic E-state index is -0.00926. The van der Waals surface area contributed by atoms with Gasteiger partial charge in [0.1, 0.15) is 10.2 Å². The Balaban J connectivity index is 2.60. The quantitative estimate of drug-likeness (QED) is 0.485. The molecular weight excluding hydrogens is 130 g/mol. The average Bonchev–Trinajstić information content (AvgIpc) is 1.65. The normalized spacial score (nSPS) is 39.6. The zero-order chi connectivity index (χ0) is 5.28. The molecular formula is C3H7NOS2. The van der Waals surface area contributed by atoms with Crippen molar-refractivity contribution < 1.29 is 4.21 Å². The highest BCUT2D eigenvalue weighted by Crippen LogP contribution is 2.09. The van der Waals surface area contributed by atoms with E-state index in [1.807, 2.05) is 0 Å². The van der Waals surface area contributed by atoms with Crippen LogP contribution in [-0.4, -0.2) is 15.3 Å². The van der Waals surface area contributed by atoms with Gasteiger partial charge in [-0.3, -0.25) is 0 Å². The summed E-state index contributed by atoms with van der Waals surface area (Å²) in [4.78, 5) is 0. The third-order valence-electron chi connectivity index (χ3n) is 1.03. The Hall–Kier alpha value is 0.330. The van der Waals surface area contributed by atoms with E-state index in [0.29, 0.717) is 10.2 Å². The molecule has 2 N–H and O–H groups in total. The summed E-state index contributed by atoms with van der Waals surface area (Å²) < 4.78 is 9.97. The standard InChI is InChI=1S/C3H7NOS2/c4-3-1-2-7(3)6-5/h3H,1-2,4H2. The molecule has 0 spiro atoms. The van der Waals surface area contributed by atoms with Gasteiger partial charge in [0, 0.05) is 5.75 Å². The summed E-state index contributed by atoms with van der Waals surface area (Å²) in [6.45, 7) is 0. The maximum absolute atomic E-state index is 9.97. The van der Waals surface area contributed by atoms with E-state index in [-0.39, 0.29) is 14.8 Å². The van der Waals surface area contributed by atoms with Crippen molar-refractivity contribution in [2.45, 2.75) is 11.8 Å². The van der Waals surface area contributed by atoms with E-state index in [1.54, 1.807) is 0 Å². The summed E-state index contributed by atoms with van der Waals surface area (Å²) in [5, 5.41) is 0.225. The van der Waals surface area contributed by atoms with Crippen molar-refractivity contribution in [3.63, 3.8) is 0 Å². The van der Waals surface area contributed by atoms with Crippen LogP contribution in [0.2, 0.25) is 0 Å². The Labute approximate surface area is 47.8 Å². The van der Waals surface area contributed by atoms with Gasteiger partial charge in [-0.1, -0.05) is 9.45 Å². The molecule has 0 amide bonds. The Morgan fingerprint density at radius 3 is 2.57 bits per heavy atom. The number of hydrogen-bond acceptors (Lipinski definition) is 2. The molecule has 0 saturated carbocycles. The van der Waals surface area contributed by atoms with Gasteiger partial charge in [0.15, 0.2) is 0 Å². The highest BCUT2D eigenvalue weighted by Gasteiger charge is 2.18. The third-order valence-corrected chi connectivity index (χ3v) is 4.52. The van der Waals surface area contributed by atoms with Crippen molar-refractivity contribution in [3.05, 3.63) is 0 Å². The zero-order valence-electron chi connectivity index (χ0n) is 3.79. The van der Waals surface area contributed by atoms with E-state index < -0.39 is 0 Å². The number of rotatable bonds is 0. The van der Waals surface area contributed by atoms with Crippen molar-refractivity contribution in [2.24, 2.45) is 5.73 Å². The molecule has 7 heavy (non-hydrogen) atoms. The van der Waals surface area contributed by atoms with Gasteiger partial charge in [-0.05, 0) is 6.42 Å². The van der Waals surface area contributed by atoms with Crippen LogP contribution >= 0.6 is 0 Å². The van der Waals surface area contributed by atoms with Gasteiger partial charge in [0.25, 0.3) is 0 Å². The Bertz CT molecular complexity index is 129. The van der Waals surface area contributed by atoms with Gasteiger partial charge in [-0.15, -0.1) is 0 Å². The molecule has 42 valence electrons. The second-order valence-corrected chi connectivity index (χ2v) is 5.08. The molecule has 0 aromatic carbocycles. The molecule has 0 radical (unpaired) electrons. The lowest BCUT2D eigenvalue weighted by molar-refractivity contribution is 0.701. The van der Waals surface area contributed by atoms with Crippen LogP contribution in [0.4, 0.5) is 0 Å². The Kier molecular flexibility index (Phi) is 1.61. The van der Waals surface area contributed by atoms with Crippen LogP contribution in [0.3, 0.4) is 0 Å². The van der Waals surface area contributed by atoms with Crippen molar-refractivity contribution in [3.8, 4) is 0 Å². The van der Waals surface area contributed by atoms with Crippen LogP contribution in [0, 0.1) is 0 Å². The topological polar surface area (TPSA) is 43.1 Å². The fourth-order valence-corrected chi connectivity index (χ4v) is 2.39. The van der Waals surface area contributed by atoms with Gasteiger partial charge < -0.3 is 5.73 Å². The van der Waals surface area contributed by atoms with E-state index in [1.165, 1.54) is 0 Å². The first-order valence-electron chi connectivity index (χ1n) is 2.10. The maximum Gasteiger partial charge on any atom is 0.122 e. The lowest BCUT2D eigenvalue weighted by atomic mass is 10.5. The van der Waals surface area contributed by atoms with Crippen LogP contribution in [0.5, 0.6) is 0 Å². The molecule has 0 aliphatic carbocycles. The first-order chi connectivity index (χ1) is 3.34. The SMILES string of the molecule is NC1CCS1=S=O. The molecule has 0 bridgehead atoms. The van der Waals surface area contributed by atoms with E-state index in [4.69, 9.17) is 5.73 Å². The smallest absolute Gasteiger partial charge is 0.122 e. The Morgan fingerprint density at radius 1 is 1.86 bits per heavy atom. The largest absolute Gasteiger partial charge is 0.319 e. The summed E-state index contributed by atoms with van der Waals surface area (Å²) in [5.74, 6) is 1.05. The van der Waals surface area contributed by atoms with E-state index in [0.717, 1.165) is 12.2 Å². The summed E-state index contributed by atoms with van der Waals surface area (Å²) in [6.07, 6.45) is 1.05. The average molecular weight is 137 g/mol. The van der Waals surface area contributed by atoms with E-state index >= 15 is 0 Å². The maximum atomic E-state index is 9.97. The molecule has 2 unspecified atom stereocenters. The fraction of sp³-hybridized carbons (Fsp3) is 1.00. The molecule has 2 atom stereocenters. The molecule has 1 aliphatic heterocycles. The highest BCUT2D eigenvalue weighted by atomic mass is 32.8. The summed E-state index contributed by atoms with van der Waals surface area (Å²) >= 11 is 0. The minimum absolute atomic E-state index is 0.00926. The first-order valence-corrected chi connectivity index (χ1v) is 4.81. The monoisotopic (exact) mass is 137 g/mol. The van der Waals surface area contributed by atoms with Crippen LogP contribution < -0.4 is 5.73 Å². The Morgan fingerprint density at radius 2 is 2.57 bits per heavy atom. The lowest BCUT2D eigenvalue weighted by Gasteiger charge is -2.22. The lowest BCUT2D eigenvalue weighted by Crippen LogP contribution is -2.38. The van der Waals surface area contributed by atoms with Crippen molar-refractivity contribution in [1.82, 2.24) is 0 Å². The van der Waals surface area contributed by atoms with Crippen LogP contribution in [-0.2, 0) is 19.7 Å². The molecule has 0 aromatic rings. The molecule has 2 nitrogen and oxygen atoms in total. The summed E-state index contributed by atoms with van der Waals surface area (Å²) in [6, 6.07) is 0. The molecule has 4 heteroatoms. The molecule has 1 saturated heterocycles. The molecule has 1 fully saturated rings. The van der Waals surface area contributed by atoms with Crippen molar-refractivity contribution in [1.29, 1.82) is 0 Å². The zero-order valence-corrected chi connectivity index (χ0v) is 5.43. The molecule has 1 aliphatic rings. The van der Waals surface area contributed by atoms with Crippen LogP contribution in [0.15, 0.2) is 0 Å². The van der Waals surface area contributed by atoms with Gasteiger partial charge >= 0.3 is 0 Å². The highest BCUT2D eigenvalue weighted by molar-refractivity contribution is 8.32. The number of hydrogen-bond donors (Lipinski definition) is 1. The third kappa shape index (κ3) is 0.925. The van der Waals surface area contributed by atoms with Gasteiger partial charge in [0.05, 0.1) is 5.37 Å². The second-order valence-electron chi connectivity index (χ2n) is 1.48. The van der Waals surface area contributed by atoms with Gasteiger partial charge in [-0.2, -0.15) is 0 Å². The first kappa shape index (κ1) is 5.47. The summed E-state index contributed by atoms with van der Waals surface area (Å²) in [7, 11) is 0.663. The second kappa shape index (κ2) is 2.07. The molecule has 0 aromatic heterocycles.